The molecule has 59 heavy (non-hydrogen) atoms. The van der Waals surface area contributed by atoms with Gasteiger partial charge in [0.1, 0.15) is 17.1 Å². The highest BCUT2D eigenvalue weighted by Crippen LogP contribution is 2.48. The highest BCUT2D eigenvalue weighted by molar-refractivity contribution is 7.44. The van der Waals surface area contributed by atoms with Crippen molar-refractivity contribution in [3.05, 3.63) is 156 Å². The minimum atomic E-state index is -1.60. The van der Waals surface area contributed by atoms with E-state index in [1.807, 2.05) is 42.5 Å². The SMILES string of the molecule is COc1ccc(C(OC[C@H](CC#Cc2ccc3ccc4cccc5ccc2c3c45)OP(OCCC#N)N(C(C)C)C(C)C)(c2ccccc2)c2ccc(OC)cc2)cc1. The Balaban J connectivity index is 1.32. The van der Waals surface area contributed by atoms with Gasteiger partial charge >= 0.3 is 0 Å². The summed E-state index contributed by atoms with van der Waals surface area (Å²) in [5.41, 5.74) is 2.70. The number of nitrogens with zero attached hydrogens (tertiary/aromatic N) is 2. The van der Waals surface area contributed by atoms with Crippen molar-refractivity contribution >= 4 is 40.8 Å². The molecule has 0 N–H and O–H groups in total. The van der Waals surface area contributed by atoms with Crippen LogP contribution >= 0.6 is 8.53 Å². The largest absolute Gasteiger partial charge is 0.497 e. The number of hydrogen-bond donors (Lipinski definition) is 0. The molecule has 2 atom stereocenters. The standard InChI is InChI=1S/C51H51N2O5P/c1-36(2)53(37(3)4)59(57-34-12-33-52)58-47(18-11-13-38-19-20-41-22-21-39-14-10-15-40-23-32-48(38)50(41)49(39)40)35-56-51(42-16-8-7-9-17-42,43-24-28-45(54-5)29-25-43)44-26-30-46(55-6)31-27-44/h7-10,14-17,19-32,36-37,47H,12,18,34-35H2,1-6H3/t47-,59?/m0/s1. The summed E-state index contributed by atoms with van der Waals surface area (Å²) in [7, 11) is 1.73. The smallest absolute Gasteiger partial charge is 0.259 e. The summed E-state index contributed by atoms with van der Waals surface area (Å²) in [5.74, 6) is 8.56. The topological polar surface area (TPSA) is 73.2 Å². The molecule has 300 valence electrons. The fourth-order valence-corrected chi connectivity index (χ4v) is 9.64. The Bertz CT molecular complexity index is 2490. The molecule has 0 radical (unpaired) electrons. The van der Waals surface area contributed by atoms with E-state index in [1.54, 1.807) is 14.2 Å². The minimum Gasteiger partial charge on any atom is -0.497 e. The molecule has 7 aromatic carbocycles. The molecule has 7 aromatic rings. The predicted octanol–water partition coefficient (Wildman–Crippen LogP) is 12.0. The molecule has 1 unspecified atom stereocenters. The molecule has 0 aromatic heterocycles. The van der Waals surface area contributed by atoms with Gasteiger partial charge in [0, 0.05) is 24.1 Å². The van der Waals surface area contributed by atoms with Crippen LogP contribution in [0.5, 0.6) is 11.5 Å². The molecule has 0 fully saturated rings. The van der Waals surface area contributed by atoms with Crippen LogP contribution in [0.1, 0.15) is 62.8 Å². The first-order valence-corrected chi connectivity index (χ1v) is 21.3. The number of methoxy groups -OCH3 is 2. The third-order valence-electron chi connectivity index (χ3n) is 10.6. The Morgan fingerprint density at radius 3 is 1.78 bits per heavy atom. The van der Waals surface area contributed by atoms with Crippen molar-refractivity contribution in [2.45, 2.75) is 64.3 Å². The Labute approximate surface area is 349 Å². The van der Waals surface area contributed by atoms with Crippen LogP contribution in [0.4, 0.5) is 0 Å². The molecule has 7 rings (SSSR count). The van der Waals surface area contributed by atoms with E-state index in [9.17, 15) is 5.26 Å². The monoisotopic (exact) mass is 802 g/mol. The van der Waals surface area contributed by atoms with Crippen molar-refractivity contribution in [1.82, 2.24) is 4.67 Å². The van der Waals surface area contributed by atoms with Crippen LogP contribution in [0.15, 0.2) is 133 Å². The van der Waals surface area contributed by atoms with Gasteiger partial charge in [-0.25, -0.2) is 4.67 Å². The Morgan fingerprint density at radius 1 is 0.644 bits per heavy atom. The van der Waals surface area contributed by atoms with Crippen LogP contribution in [0, 0.1) is 23.2 Å². The molecule has 0 aliphatic carbocycles. The first-order chi connectivity index (χ1) is 28.8. The number of rotatable bonds is 17. The number of ether oxygens (including phenoxy) is 3. The molecular formula is C51H51N2O5P. The minimum absolute atomic E-state index is 0.120. The molecule has 7 nitrogen and oxygen atoms in total. The summed E-state index contributed by atoms with van der Waals surface area (Å²) < 4.78 is 34.3. The number of hydrogen-bond acceptors (Lipinski definition) is 7. The zero-order chi connectivity index (χ0) is 41.4. The summed E-state index contributed by atoms with van der Waals surface area (Å²) in [4.78, 5) is 0. The van der Waals surface area contributed by atoms with Crippen molar-refractivity contribution in [3.63, 3.8) is 0 Å². The average molecular weight is 803 g/mol. The quantitative estimate of drug-likeness (QED) is 0.0298. The Morgan fingerprint density at radius 2 is 1.20 bits per heavy atom. The molecule has 0 bridgehead atoms. The second-order valence-electron chi connectivity index (χ2n) is 15.1. The van der Waals surface area contributed by atoms with E-state index in [0.29, 0.717) is 6.42 Å². The fourth-order valence-electron chi connectivity index (χ4n) is 7.95. The molecule has 0 saturated heterocycles. The van der Waals surface area contributed by atoms with E-state index in [0.717, 1.165) is 39.1 Å². The second kappa shape index (κ2) is 19.0. The van der Waals surface area contributed by atoms with Gasteiger partial charge in [-0.3, -0.25) is 0 Å². The van der Waals surface area contributed by atoms with Gasteiger partial charge in [0.2, 0.25) is 0 Å². The van der Waals surface area contributed by atoms with Gasteiger partial charge in [-0.15, -0.1) is 0 Å². The molecule has 0 aliphatic rings. The molecule has 0 amide bonds. The molecule has 8 heteroatoms. The van der Waals surface area contributed by atoms with Crippen molar-refractivity contribution < 1.29 is 23.3 Å². The van der Waals surface area contributed by atoms with Gasteiger partial charge < -0.3 is 23.3 Å². The van der Waals surface area contributed by atoms with E-state index in [-0.39, 0.29) is 31.7 Å². The molecule has 0 spiro atoms. The van der Waals surface area contributed by atoms with Gasteiger partial charge in [-0.2, -0.15) is 5.26 Å². The summed E-state index contributed by atoms with van der Waals surface area (Å²) in [6, 6.07) is 48.3. The Kier molecular flexibility index (Phi) is 13.4. The third-order valence-corrected chi connectivity index (χ3v) is 12.8. The highest BCUT2D eigenvalue weighted by atomic mass is 31.2. The van der Waals surface area contributed by atoms with Gasteiger partial charge in [0.05, 0.1) is 46.0 Å². The molecular weight excluding hydrogens is 752 g/mol. The van der Waals surface area contributed by atoms with Gasteiger partial charge in [0.25, 0.3) is 8.53 Å². The summed E-state index contributed by atoms with van der Waals surface area (Å²) in [6.45, 7) is 8.98. The summed E-state index contributed by atoms with van der Waals surface area (Å²) >= 11 is 0. The van der Waals surface area contributed by atoms with Gasteiger partial charge in [0.15, 0.2) is 0 Å². The van der Waals surface area contributed by atoms with Gasteiger partial charge in [-0.1, -0.05) is 115 Å². The van der Waals surface area contributed by atoms with Crippen molar-refractivity contribution in [2.24, 2.45) is 0 Å². The van der Waals surface area contributed by atoms with Crippen LogP contribution in [0.3, 0.4) is 0 Å². The fraction of sp³-hybridized carbons (Fsp3) is 0.275. The van der Waals surface area contributed by atoms with E-state index in [2.05, 4.69) is 141 Å². The molecule has 0 heterocycles. The van der Waals surface area contributed by atoms with Gasteiger partial charge in [-0.05, 0) is 107 Å². The van der Waals surface area contributed by atoms with Crippen molar-refractivity contribution in [3.8, 4) is 29.4 Å². The maximum atomic E-state index is 9.44. The first kappa shape index (κ1) is 41.7. The zero-order valence-electron chi connectivity index (χ0n) is 34.6. The van der Waals surface area contributed by atoms with E-state index >= 15 is 0 Å². The normalized spacial score (nSPS) is 12.9. The van der Waals surface area contributed by atoms with Crippen LogP contribution < -0.4 is 9.47 Å². The summed E-state index contributed by atoms with van der Waals surface area (Å²) in [6.07, 6.45) is 0.103. The predicted molar refractivity (Wildman–Crippen MR) is 240 cm³/mol. The van der Waals surface area contributed by atoms with Crippen LogP contribution in [-0.4, -0.2) is 50.3 Å². The van der Waals surface area contributed by atoms with Crippen LogP contribution in [0.2, 0.25) is 0 Å². The first-order valence-electron chi connectivity index (χ1n) is 20.2. The van der Waals surface area contributed by atoms with E-state index in [1.165, 1.54) is 26.9 Å². The van der Waals surface area contributed by atoms with E-state index < -0.39 is 20.2 Å². The Hall–Kier alpha value is -5.50. The maximum Gasteiger partial charge on any atom is 0.259 e. The van der Waals surface area contributed by atoms with Crippen molar-refractivity contribution in [1.29, 1.82) is 5.26 Å². The molecule has 0 aliphatic heterocycles. The third kappa shape index (κ3) is 8.92. The lowest BCUT2D eigenvalue weighted by molar-refractivity contribution is -0.0328. The van der Waals surface area contributed by atoms with Crippen LogP contribution in [-0.2, 0) is 19.4 Å². The summed E-state index contributed by atoms with van der Waals surface area (Å²) in [5, 5.41) is 16.7. The molecule has 0 saturated carbocycles. The highest BCUT2D eigenvalue weighted by Gasteiger charge is 2.39. The van der Waals surface area contributed by atoms with Crippen LogP contribution in [0.25, 0.3) is 32.3 Å². The maximum absolute atomic E-state index is 9.44. The van der Waals surface area contributed by atoms with Crippen molar-refractivity contribution in [2.75, 3.05) is 27.4 Å². The lowest BCUT2D eigenvalue weighted by atomic mass is 9.80. The van der Waals surface area contributed by atoms with E-state index in [4.69, 9.17) is 23.3 Å². The zero-order valence-corrected chi connectivity index (χ0v) is 35.5. The second-order valence-corrected chi connectivity index (χ2v) is 16.5. The number of benzene rings is 7. The lowest BCUT2D eigenvalue weighted by Gasteiger charge is -2.39. The lowest BCUT2D eigenvalue weighted by Crippen LogP contribution is -2.38. The number of nitriles is 1. The average Bonchev–Trinajstić information content (AvgIpc) is 3.26.